The second-order valence-electron chi connectivity index (χ2n) is 10.3. The minimum Gasteiger partial charge on any atom is -0.487 e. The van der Waals surface area contributed by atoms with Crippen LogP contribution in [0.15, 0.2) is 115 Å². The minimum atomic E-state index is -0.693. The Morgan fingerprint density at radius 2 is 1.49 bits per heavy atom. The SMILES string of the molecule is C=CCOc1ccccc1OCC(O)CC1(C(C)C(C)CNC(c2ccccc2)c2ccccc2)C=CC=N1. The molecule has 1 heterocycles. The van der Waals surface area contributed by atoms with E-state index in [4.69, 9.17) is 14.5 Å². The van der Waals surface area contributed by atoms with Crippen LogP contribution in [0, 0.1) is 11.8 Å². The number of aliphatic imine (C=N–C) groups is 1. The highest BCUT2D eigenvalue weighted by Gasteiger charge is 2.39. The molecule has 0 bridgehead atoms. The number of aliphatic hydroxyl groups is 1. The number of allylic oxidation sites excluding steroid dienone is 1. The van der Waals surface area contributed by atoms with E-state index < -0.39 is 11.6 Å². The Labute approximate surface area is 232 Å². The molecule has 0 spiro atoms. The van der Waals surface area contributed by atoms with Crippen LogP contribution in [0.25, 0.3) is 0 Å². The van der Waals surface area contributed by atoms with Crippen molar-refractivity contribution in [2.45, 2.75) is 38.0 Å². The monoisotopic (exact) mass is 524 g/mol. The summed E-state index contributed by atoms with van der Waals surface area (Å²) in [6.45, 7) is 9.54. The number of hydrogen-bond donors (Lipinski definition) is 2. The van der Waals surface area contributed by atoms with Gasteiger partial charge in [0.1, 0.15) is 13.2 Å². The summed E-state index contributed by atoms with van der Waals surface area (Å²) in [6, 6.07) is 28.7. The number of rotatable bonds is 15. The Balaban J connectivity index is 1.40. The van der Waals surface area contributed by atoms with Gasteiger partial charge in [-0.2, -0.15) is 0 Å². The molecule has 4 unspecified atom stereocenters. The fourth-order valence-corrected chi connectivity index (χ4v) is 5.16. The lowest BCUT2D eigenvalue weighted by atomic mass is 9.75. The molecular weight excluding hydrogens is 484 g/mol. The van der Waals surface area contributed by atoms with Gasteiger partial charge < -0.3 is 19.9 Å². The van der Waals surface area contributed by atoms with Crippen molar-refractivity contribution >= 4 is 6.21 Å². The molecule has 2 N–H and O–H groups in total. The van der Waals surface area contributed by atoms with Crippen LogP contribution in [0.1, 0.15) is 37.4 Å². The Bertz CT molecular complexity index is 1170. The van der Waals surface area contributed by atoms with E-state index in [1.807, 2.05) is 48.7 Å². The smallest absolute Gasteiger partial charge is 0.161 e. The summed E-state index contributed by atoms with van der Waals surface area (Å²) in [5.41, 5.74) is 1.99. The summed E-state index contributed by atoms with van der Waals surface area (Å²) < 4.78 is 11.7. The number of nitrogens with one attached hydrogen (secondary N) is 1. The van der Waals surface area contributed by atoms with Crippen LogP contribution in [0.4, 0.5) is 0 Å². The van der Waals surface area contributed by atoms with E-state index in [2.05, 4.69) is 80.4 Å². The van der Waals surface area contributed by atoms with E-state index in [9.17, 15) is 5.11 Å². The van der Waals surface area contributed by atoms with Crippen molar-refractivity contribution in [2.24, 2.45) is 16.8 Å². The molecule has 0 aromatic heterocycles. The van der Waals surface area contributed by atoms with Crippen molar-refractivity contribution in [3.8, 4) is 11.5 Å². The molecule has 4 atom stereocenters. The normalized spacial score (nSPS) is 18.6. The van der Waals surface area contributed by atoms with Gasteiger partial charge in [-0.3, -0.25) is 4.99 Å². The fourth-order valence-electron chi connectivity index (χ4n) is 5.16. The second-order valence-corrected chi connectivity index (χ2v) is 10.3. The van der Waals surface area contributed by atoms with Gasteiger partial charge in [-0.15, -0.1) is 0 Å². The van der Waals surface area contributed by atoms with Gasteiger partial charge in [-0.1, -0.05) is 105 Å². The van der Waals surface area contributed by atoms with E-state index in [0.717, 1.165) is 6.54 Å². The highest BCUT2D eigenvalue weighted by molar-refractivity contribution is 5.75. The quantitative estimate of drug-likeness (QED) is 0.226. The average molecular weight is 525 g/mol. The lowest BCUT2D eigenvalue weighted by molar-refractivity contribution is 0.0699. The summed E-state index contributed by atoms with van der Waals surface area (Å²) >= 11 is 0. The van der Waals surface area contributed by atoms with Crippen LogP contribution in [0.2, 0.25) is 0 Å². The van der Waals surface area contributed by atoms with E-state index in [1.165, 1.54) is 11.1 Å². The summed E-state index contributed by atoms with van der Waals surface area (Å²) in [5.74, 6) is 1.72. The molecule has 0 saturated carbocycles. The maximum atomic E-state index is 11.0. The highest BCUT2D eigenvalue weighted by Crippen LogP contribution is 2.37. The molecule has 0 aliphatic carbocycles. The lowest BCUT2D eigenvalue weighted by Gasteiger charge is -2.37. The largest absolute Gasteiger partial charge is 0.487 e. The van der Waals surface area contributed by atoms with E-state index in [-0.39, 0.29) is 18.6 Å². The zero-order valence-electron chi connectivity index (χ0n) is 22.9. The topological polar surface area (TPSA) is 63.1 Å². The van der Waals surface area contributed by atoms with E-state index >= 15 is 0 Å². The molecule has 0 radical (unpaired) electrons. The molecule has 1 aliphatic rings. The molecule has 4 rings (SSSR count). The van der Waals surface area contributed by atoms with Crippen LogP contribution < -0.4 is 14.8 Å². The van der Waals surface area contributed by atoms with Gasteiger partial charge >= 0.3 is 0 Å². The second kappa shape index (κ2) is 13.9. The first kappa shape index (κ1) is 28.3. The number of hydrogen-bond acceptors (Lipinski definition) is 5. The van der Waals surface area contributed by atoms with E-state index in [0.29, 0.717) is 30.4 Å². The number of ether oxygens (including phenoxy) is 2. The Hall–Kier alpha value is -3.67. The van der Waals surface area contributed by atoms with E-state index in [1.54, 1.807) is 6.08 Å². The fraction of sp³-hybridized carbons (Fsp3) is 0.324. The van der Waals surface area contributed by atoms with Gasteiger partial charge in [0.2, 0.25) is 0 Å². The van der Waals surface area contributed by atoms with Crippen LogP contribution >= 0.6 is 0 Å². The first-order chi connectivity index (χ1) is 19.0. The number of aliphatic hydroxyl groups excluding tert-OH is 1. The van der Waals surface area contributed by atoms with Gasteiger partial charge in [-0.25, -0.2) is 0 Å². The van der Waals surface area contributed by atoms with Gasteiger partial charge in [0.05, 0.1) is 17.7 Å². The molecule has 39 heavy (non-hydrogen) atoms. The lowest BCUT2D eigenvalue weighted by Crippen LogP contribution is -2.42. The Morgan fingerprint density at radius 1 is 0.897 bits per heavy atom. The van der Waals surface area contributed by atoms with Crippen molar-refractivity contribution in [3.63, 3.8) is 0 Å². The first-order valence-electron chi connectivity index (χ1n) is 13.7. The summed E-state index contributed by atoms with van der Waals surface area (Å²) in [7, 11) is 0. The molecule has 204 valence electrons. The summed E-state index contributed by atoms with van der Waals surface area (Å²) in [5, 5.41) is 14.9. The molecule has 1 aliphatic heterocycles. The minimum absolute atomic E-state index is 0.1000. The molecule has 3 aromatic carbocycles. The Morgan fingerprint density at radius 3 is 2.05 bits per heavy atom. The molecule has 3 aromatic rings. The maximum Gasteiger partial charge on any atom is 0.161 e. The van der Waals surface area contributed by atoms with Gasteiger partial charge in [0.15, 0.2) is 11.5 Å². The van der Waals surface area contributed by atoms with Crippen LogP contribution in [0.3, 0.4) is 0 Å². The summed E-state index contributed by atoms with van der Waals surface area (Å²) in [6.07, 6.45) is 7.44. The zero-order chi connectivity index (χ0) is 27.5. The van der Waals surface area contributed by atoms with Crippen LogP contribution in [0.5, 0.6) is 11.5 Å². The zero-order valence-corrected chi connectivity index (χ0v) is 22.9. The average Bonchev–Trinajstić information content (AvgIpc) is 3.45. The molecule has 5 heteroatoms. The predicted molar refractivity (Wildman–Crippen MR) is 160 cm³/mol. The van der Waals surface area contributed by atoms with Crippen LogP contribution in [-0.2, 0) is 0 Å². The number of para-hydroxylation sites is 2. The van der Waals surface area contributed by atoms with Crippen molar-refractivity contribution in [1.29, 1.82) is 0 Å². The first-order valence-corrected chi connectivity index (χ1v) is 13.7. The van der Waals surface area contributed by atoms with Crippen molar-refractivity contribution in [2.75, 3.05) is 19.8 Å². The third-order valence-electron chi connectivity index (χ3n) is 7.54. The molecular formula is C34H40N2O3. The number of benzene rings is 3. The van der Waals surface area contributed by atoms with Crippen molar-refractivity contribution < 1.29 is 14.6 Å². The molecule has 5 nitrogen and oxygen atoms in total. The van der Waals surface area contributed by atoms with Crippen molar-refractivity contribution in [3.05, 3.63) is 121 Å². The van der Waals surface area contributed by atoms with Gasteiger partial charge in [0, 0.05) is 12.6 Å². The third kappa shape index (κ3) is 7.47. The summed E-state index contributed by atoms with van der Waals surface area (Å²) in [4.78, 5) is 4.87. The van der Waals surface area contributed by atoms with Gasteiger partial charge in [0.25, 0.3) is 0 Å². The predicted octanol–water partition coefficient (Wildman–Crippen LogP) is 6.41. The highest BCUT2D eigenvalue weighted by atomic mass is 16.5. The van der Waals surface area contributed by atoms with Gasteiger partial charge in [-0.05, 0) is 47.7 Å². The van der Waals surface area contributed by atoms with Crippen molar-refractivity contribution in [1.82, 2.24) is 5.32 Å². The maximum absolute atomic E-state index is 11.0. The van der Waals surface area contributed by atoms with Crippen LogP contribution in [-0.4, -0.2) is 42.7 Å². The molecule has 0 amide bonds. The Kier molecular flexibility index (Phi) is 10.1. The third-order valence-corrected chi connectivity index (χ3v) is 7.54. The molecule has 0 saturated heterocycles. The molecule has 0 fully saturated rings. The standard InChI is InChI=1S/C34H40N2O3/c1-4-22-38-31-18-11-12-19-32(31)39-25-30(37)23-34(20-13-21-36-34)27(3)26(2)24-35-33(28-14-7-5-8-15-28)29-16-9-6-10-17-29/h4-21,26-27,30,33,35,37H,1,22-25H2,2-3H3. The number of nitrogens with zero attached hydrogens (tertiary/aromatic N) is 1.